The van der Waals surface area contributed by atoms with E-state index in [2.05, 4.69) is 5.32 Å². The molecule has 1 heterocycles. The zero-order valence-electron chi connectivity index (χ0n) is 14.9. The summed E-state index contributed by atoms with van der Waals surface area (Å²) >= 11 is 0. The van der Waals surface area contributed by atoms with E-state index in [0.717, 1.165) is 22.4 Å². The van der Waals surface area contributed by atoms with Gasteiger partial charge in [-0.3, -0.25) is 0 Å². The van der Waals surface area contributed by atoms with Crippen LogP contribution in [0, 0.1) is 6.92 Å². The van der Waals surface area contributed by atoms with Gasteiger partial charge in [-0.2, -0.15) is 0 Å². The van der Waals surface area contributed by atoms with Crippen LogP contribution in [0.15, 0.2) is 82.0 Å². The van der Waals surface area contributed by atoms with E-state index >= 15 is 0 Å². The van der Waals surface area contributed by atoms with Crippen molar-refractivity contribution in [3.8, 4) is 16.9 Å². The van der Waals surface area contributed by atoms with Crippen molar-refractivity contribution in [2.75, 3.05) is 5.32 Å². The standard InChI is InChI=1S/C23H19NO3/c1-15-7-5-6-10-20(15)24-14-17-11-23(26)27-22-13-18(21(25)12-19(17)22)16-8-3-2-4-9-16/h2-13,24-25H,14H2,1H3. The summed E-state index contributed by atoms with van der Waals surface area (Å²) in [7, 11) is 0. The van der Waals surface area contributed by atoms with E-state index in [-0.39, 0.29) is 5.75 Å². The van der Waals surface area contributed by atoms with Crippen LogP contribution in [0.25, 0.3) is 22.1 Å². The molecule has 0 aliphatic rings. The maximum Gasteiger partial charge on any atom is 0.336 e. The van der Waals surface area contributed by atoms with Crippen LogP contribution >= 0.6 is 0 Å². The first-order valence-electron chi connectivity index (χ1n) is 8.76. The second kappa shape index (κ2) is 7.00. The van der Waals surface area contributed by atoms with E-state index < -0.39 is 5.63 Å². The third kappa shape index (κ3) is 3.42. The number of para-hydroxylation sites is 1. The Hall–Kier alpha value is -3.53. The summed E-state index contributed by atoms with van der Waals surface area (Å²) in [6, 6.07) is 22.3. The van der Waals surface area contributed by atoms with Crippen LogP contribution in [-0.4, -0.2) is 5.11 Å². The predicted octanol–water partition coefficient (Wildman–Crippen LogP) is 5.09. The zero-order chi connectivity index (χ0) is 18.8. The largest absolute Gasteiger partial charge is 0.507 e. The number of aryl methyl sites for hydroxylation is 1. The Balaban J connectivity index is 1.77. The van der Waals surface area contributed by atoms with Gasteiger partial charge in [0.1, 0.15) is 11.3 Å². The van der Waals surface area contributed by atoms with Crippen LogP contribution in [0.2, 0.25) is 0 Å². The molecular formula is C23H19NO3. The molecule has 27 heavy (non-hydrogen) atoms. The molecular weight excluding hydrogens is 338 g/mol. The third-order valence-electron chi connectivity index (χ3n) is 4.65. The van der Waals surface area contributed by atoms with Crippen molar-refractivity contribution in [3.05, 3.63) is 94.3 Å². The highest BCUT2D eigenvalue weighted by Gasteiger charge is 2.12. The highest BCUT2D eigenvalue weighted by Crippen LogP contribution is 2.34. The molecule has 0 amide bonds. The fourth-order valence-electron chi connectivity index (χ4n) is 3.22. The zero-order valence-corrected chi connectivity index (χ0v) is 14.9. The highest BCUT2D eigenvalue weighted by molar-refractivity contribution is 5.89. The van der Waals surface area contributed by atoms with Gasteiger partial charge in [0.25, 0.3) is 0 Å². The van der Waals surface area contributed by atoms with Crippen molar-refractivity contribution in [3.63, 3.8) is 0 Å². The number of anilines is 1. The lowest BCUT2D eigenvalue weighted by molar-refractivity contribution is 0.477. The second-order valence-corrected chi connectivity index (χ2v) is 6.49. The molecule has 0 unspecified atom stereocenters. The van der Waals surface area contributed by atoms with E-state index in [1.807, 2.05) is 61.5 Å². The van der Waals surface area contributed by atoms with Crippen molar-refractivity contribution in [1.82, 2.24) is 0 Å². The van der Waals surface area contributed by atoms with Gasteiger partial charge in [0.2, 0.25) is 0 Å². The number of fused-ring (bicyclic) bond motifs is 1. The minimum Gasteiger partial charge on any atom is -0.507 e. The van der Waals surface area contributed by atoms with Gasteiger partial charge < -0.3 is 14.8 Å². The van der Waals surface area contributed by atoms with Gasteiger partial charge in [-0.15, -0.1) is 0 Å². The fraction of sp³-hybridized carbons (Fsp3) is 0.0870. The monoisotopic (exact) mass is 357 g/mol. The van der Waals surface area contributed by atoms with Crippen LogP contribution in [0.5, 0.6) is 5.75 Å². The first-order chi connectivity index (χ1) is 13.1. The number of benzene rings is 3. The lowest BCUT2D eigenvalue weighted by Gasteiger charge is -2.12. The lowest BCUT2D eigenvalue weighted by Crippen LogP contribution is -2.06. The molecule has 4 rings (SSSR count). The number of aromatic hydroxyl groups is 1. The average Bonchev–Trinajstić information content (AvgIpc) is 2.68. The van der Waals surface area contributed by atoms with Crippen molar-refractivity contribution >= 4 is 16.7 Å². The summed E-state index contributed by atoms with van der Waals surface area (Å²) in [6.07, 6.45) is 0. The van der Waals surface area contributed by atoms with Crippen molar-refractivity contribution in [1.29, 1.82) is 0 Å². The number of nitrogens with one attached hydrogen (secondary N) is 1. The van der Waals surface area contributed by atoms with Gasteiger partial charge in [0.05, 0.1) is 0 Å². The molecule has 0 fully saturated rings. The van der Waals surface area contributed by atoms with Crippen LogP contribution in [-0.2, 0) is 6.54 Å². The Labute approximate surface area is 156 Å². The van der Waals surface area contributed by atoms with E-state index in [9.17, 15) is 9.90 Å². The Kier molecular flexibility index (Phi) is 4.38. The second-order valence-electron chi connectivity index (χ2n) is 6.49. The summed E-state index contributed by atoms with van der Waals surface area (Å²) < 4.78 is 5.40. The number of rotatable bonds is 4. The number of hydrogen-bond donors (Lipinski definition) is 2. The molecule has 0 aliphatic heterocycles. The maximum atomic E-state index is 12.1. The highest BCUT2D eigenvalue weighted by atomic mass is 16.4. The molecule has 3 aromatic carbocycles. The first kappa shape index (κ1) is 16.9. The van der Waals surface area contributed by atoms with Gasteiger partial charge in [0, 0.05) is 29.2 Å². The molecule has 4 aromatic rings. The molecule has 0 atom stereocenters. The van der Waals surface area contributed by atoms with Crippen molar-refractivity contribution in [2.24, 2.45) is 0 Å². The van der Waals surface area contributed by atoms with Gasteiger partial charge >= 0.3 is 5.63 Å². The summed E-state index contributed by atoms with van der Waals surface area (Å²) in [5, 5.41) is 14.6. The van der Waals surface area contributed by atoms with Crippen LogP contribution in [0.4, 0.5) is 5.69 Å². The van der Waals surface area contributed by atoms with Crippen molar-refractivity contribution < 1.29 is 9.52 Å². The van der Waals surface area contributed by atoms with E-state index in [4.69, 9.17) is 4.42 Å². The van der Waals surface area contributed by atoms with Crippen LogP contribution in [0.3, 0.4) is 0 Å². The summed E-state index contributed by atoms with van der Waals surface area (Å²) in [5.74, 6) is 0.152. The number of hydrogen-bond acceptors (Lipinski definition) is 4. The molecule has 0 aliphatic carbocycles. The topological polar surface area (TPSA) is 62.5 Å². The quantitative estimate of drug-likeness (QED) is 0.500. The molecule has 4 heteroatoms. The minimum atomic E-state index is -0.409. The maximum absolute atomic E-state index is 12.1. The predicted molar refractivity (Wildman–Crippen MR) is 108 cm³/mol. The summed E-state index contributed by atoms with van der Waals surface area (Å²) in [5.41, 5.74) is 4.45. The number of phenolic OH excluding ortho intramolecular Hbond substituents is 1. The smallest absolute Gasteiger partial charge is 0.336 e. The van der Waals surface area contributed by atoms with Gasteiger partial charge in [-0.25, -0.2) is 4.79 Å². The SMILES string of the molecule is Cc1ccccc1NCc1cc(=O)oc2cc(-c3ccccc3)c(O)cc12. The average molecular weight is 357 g/mol. The molecule has 0 saturated carbocycles. The summed E-state index contributed by atoms with van der Waals surface area (Å²) in [4.78, 5) is 12.1. The molecule has 0 spiro atoms. The minimum absolute atomic E-state index is 0.152. The molecule has 0 saturated heterocycles. The van der Waals surface area contributed by atoms with Crippen LogP contribution < -0.4 is 10.9 Å². The molecule has 4 nitrogen and oxygen atoms in total. The fourth-order valence-corrected chi connectivity index (χ4v) is 3.22. The first-order valence-corrected chi connectivity index (χ1v) is 8.76. The van der Waals surface area contributed by atoms with E-state index in [0.29, 0.717) is 23.1 Å². The Morgan fingerprint density at radius 2 is 1.70 bits per heavy atom. The normalized spacial score (nSPS) is 10.9. The van der Waals surface area contributed by atoms with E-state index in [1.54, 1.807) is 12.1 Å². The molecule has 1 aromatic heterocycles. The summed E-state index contributed by atoms with van der Waals surface area (Å²) in [6.45, 7) is 2.48. The van der Waals surface area contributed by atoms with Crippen LogP contribution in [0.1, 0.15) is 11.1 Å². The van der Waals surface area contributed by atoms with Gasteiger partial charge in [-0.05, 0) is 41.8 Å². The van der Waals surface area contributed by atoms with Gasteiger partial charge in [-0.1, -0.05) is 48.5 Å². The molecule has 0 radical (unpaired) electrons. The van der Waals surface area contributed by atoms with Gasteiger partial charge in [0.15, 0.2) is 0 Å². The molecule has 2 N–H and O–H groups in total. The molecule has 134 valence electrons. The Morgan fingerprint density at radius 3 is 2.48 bits per heavy atom. The molecule has 0 bridgehead atoms. The lowest BCUT2D eigenvalue weighted by atomic mass is 10.0. The third-order valence-corrected chi connectivity index (χ3v) is 4.65. The Bertz CT molecular complexity index is 1160. The van der Waals surface area contributed by atoms with E-state index in [1.165, 1.54) is 6.07 Å². The Morgan fingerprint density at radius 1 is 0.963 bits per heavy atom. The van der Waals surface area contributed by atoms with Crippen molar-refractivity contribution in [2.45, 2.75) is 13.5 Å². The number of phenols is 1.